The third kappa shape index (κ3) is 1.78. The first-order valence-corrected chi connectivity index (χ1v) is 6.75. The van der Waals surface area contributed by atoms with Crippen molar-refractivity contribution in [3.05, 3.63) is 0 Å². The maximum absolute atomic E-state index is 15.0. The summed E-state index contributed by atoms with van der Waals surface area (Å²) in [4.78, 5) is 2.33. The van der Waals surface area contributed by atoms with Crippen LogP contribution in [0, 0.1) is 17.8 Å². The number of halogens is 1. The van der Waals surface area contributed by atoms with Crippen LogP contribution in [0.15, 0.2) is 0 Å². The van der Waals surface area contributed by atoms with Gasteiger partial charge in [-0.2, -0.15) is 0 Å². The highest BCUT2D eigenvalue weighted by molar-refractivity contribution is 5.03. The molecule has 16 heavy (non-hydrogen) atoms. The molecule has 2 saturated heterocycles. The number of alkyl halides is 1. The summed E-state index contributed by atoms with van der Waals surface area (Å²) < 4.78 is 15.0. The van der Waals surface area contributed by atoms with Crippen LogP contribution in [0.25, 0.3) is 0 Å². The van der Waals surface area contributed by atoms with E-state index in [0.29, 0.717) is 17.8 Å². The standard InChI is InChI=1S/C13H23FN2/c1-16-4-2-12(3-5-16)13(14)6-10-8-15-9-11(10)7-13/h10-12,15H,2-9H2,1H3. The summed E-state index contributed by atoms with van der Waals surface area (Å²) in [7, 11) is 2.15. The number of likely N-dealkylation sites (tertiary alicyclic amines) is 1. The second-order valence-corrected chi connectivity index (χ2v) is 6.20. The topological polar surface area (TPSA) is 15.3 Å². The van der Waals surface area contributed by atoms with Gasteiger partial charge in [0.25, 0.3) is 0 Å². The molecular formula is C13H23FN2. The fourth-order valence-corrected chi connectivity index (χ4v) is 4.08. The van der Waals surface area contributed by atoms with E-state index in [2.05, 4.69) is 17.3 Å². The van der Waals surface area contributed by atoms with Crippen molar-refractivity contribution in [3.63, 3.8) is 0 Å². The van der Waals surface area contributed by atoms with E-state index >= 15 is 4.39 Å². The van der Waals surface area contributed by atoms with Gasteiger partial charge in [-0.25, -0.2) is 4.39 Å². The highest BCUT2D eigenvalue weighted by Gasteiger charge is 2.51. The lowest BCUT2D eigenvalue weighted by molar-refractivity contribution is 0.0379. The Balaban J connectivity index is 1.65. The minimum Gasteiger partial charge on any atom is -0.316 e. The Bertz CT molecular complexity index is 249. The predicted octanol–water partition coefficient (Wildman–Crippen LogP) is 1.67. The maximum atomic E-state index is 15.0. The van der Waals surface area contributed by atoms with Gasteiger partial charge in [-0.05, 0) is 76.7 Å². The van der Waals surface area contributed by atoms with Crippen LogP contribution in [0.4, 0.5) is 4.39 Å². The molecule has 3 aliphatic rings. The monoisotopic (exact) mass is 226 g/mol. The molecule has 0 spiro atoms. The van der Waals surface area contributed by atoms with Crippen molar-refractivity contribution in [2.24, 2.45) is 17.8 Å². The summed E-state index contributed by atoms with van der Waals surface area (Å²) in [6.45, 7) is 4.29. The van der Waals surface area contributed by atoms with E-state index in [4.69, 9.17) is 0 Å². The predicted molar refractivity (Wildman–Crippen MR) is 63.1 cm³/mol. The van der Waals surface area contributed by atoms with Gasteiger partial charge in [0.2, 0.25) is 0 Å². The van der Waals surface area contributed by atoms with Gasteiger partial charge in [-0.3, -0.25) is 0 Å². The Labute approximate surface area is 97.6 Å². The van der Waals surface area contributed by atoms with Crippen LogP contribution in [0.1, 0.15) is 25.7 Å². The second kappa shape index (κ2) is 3.95. The van der Waals surface area contributed by atoms with E-state index in [1.165, 1.54) is 0 Å². The number of nitrogens with one attached hydrogen (secondary N) is 1. The molecule has 2 atom stereocenters. The minimum atomic E-state index is -0.821. The fourth-order valence-electron chi connectivity index (χ4n) is 4.08. The summed E-state index contributed by atoms with van der Waals surface area (Å²) >= 11 is 0. The molecule has 2 aliphatic heterocycles. The highest BCUT2D eigenvalue weighted by Crippen LogP contribution is 2.50. The van der Waals surface area contributed by atoms with Crippen molar-refractivity contribution in [1.82, 2.24) is 10.2 Å². The lowest BCUT2D eigenvalue weighted by Gasteiger charge is -2.37. The molecule has 92 valence electrons. The molecule has 0 aromatic heterocycles. The summed E-state index contributed by atoms with van der Waals surface area (Å²) in [6.07, 6.45) is 3.80. The van der Waals surface area contributed by atoms with Crippen molar-refractivity contribution >= 4 is 0 Å². The van der Waals surface area contributed by atoms with Crippen LogP contribution < -0.4 is 5.32 Å². The van der Waals surface area contributed by atoms with Gasteiger partial charge >= 0.3 is 0 Å². The van der Waals surface area contributed by atoms with Gasteiger partial charge in [0.15, 0.2) is 0 Å². The zero-order chi connectivity index (χ0) is 11.2. The number of nitrogens with zero attached hydrogens (tertiary/aromatic N) is 1. The molecule has 2 unspecified atom stereocenters. The van der Waals surface area contributed by atoms with Gasteiger partial charge in [0, 0.05) is 0 Å². The van der Waals surface area contributed by atoms with Gasteiger partial charge in [-0.1, -0.05) is 0 Å². The van der Waals surface area contributed by atoms with Gasteiger partial charge < -0.3 is 10.2 Å². The molecular weight excluding hydrogens is 203 g/mol. The summed E-state index contributed by atoms with van der Waals surface area (Å²) in [6, 6.07) is 0. The Morgan fingerprint density at radius 1 is 1.12 bits per heavy atom. The zero-order valence-corrected chi connectivity index (χ0v) is 10.2. The third-order valence-corrected chi connectivity index (χ3v) is 5.13. The van der Waals surface area contributed by atoms with Crippen LogP contribution in [0.5, 0.6) is 0 Å². The lowest BCUT2D eigenvalue weighted by atomic mass is 9.80. The number of fused-ring (bicyclic) bond motifs is 1. The Kier molecular flexibility index (Phi) is 2.71. The number of piperidine rings is 1. The molecule has 0 amide bonds. The minimum absolute atomic E-state index is 0.342. The number of hydrogen-bond donors (Lipinski definition) is 1. The molecule has 0 aromatic carbocycles. The summed E-state index contributed by atoms with van der Waals surface area (Å²) in [5.74, 6) is 1.60. The molecule has 1 N–H and O–H groups in total. The molecule has 3 fully saturated rings. The molecule has 3 heteroatoms. The molecule has 2 nitrogen and oxygen atoms in total. The van der Waals surface area contributed by atoms with E-state index in [0.717, 1.165) is 51.9 Å². The van der Waals surface area contributed by atoms with Crippen LogP contribution in [0.2, 0.25) is 0 Å². The molecule has 1 aliphatic carbocycles. The summed E-state index contributed by atoms with van der Waals surface area (Å²) in [5, 5.41) is 3.40. The van der Waals surface area contributed by atoms with Crippen molar-refractivity contribution in [1.29, 1.82) is 0 Å². The van der Waals surface area contributed by atoms with E-state index in [1.807, 2.05) is 0 Å². The largest absolute Gasteiger partial charge is 0.316 e. The first-order valence-electron chi connectivity index (χ1n) is 6.75. The molecule has 0 radical (unpaired) electrons. The zero-order valence-electron chi connectivity index (χ0n) is 10.2. The van der Waals surface area contributed by atoms with Crippen molar-refractivity contribution < 1.29 is 4.39 Å². The van der Waals surface area contributed by atoms with Gasteiger partial charge in [-0.15, -0.1) is 0 Å². The van der Waals surface area contributed by atoms with E-state index in [1.54, 1.807) is 0 Å². The molecule has 2 heterocycles. The van der Waals surface area contributed by atoms with Crippen LogP contribution in [-0.2, 0) is 0 Å². The SMILES string of the molecule is CN1CCC(C2(F)CC3CNCC3C2)CC1. The lowest BCUT2D eigenvalue weighted by Crippen LogP contribution is -2.40. The van der Waals surface area contributed by atoms with E-state index < -0.39 is 5.67 Å². The van der Waals surface area contributed by atoms with Gasteiger partial charge in [0.1, 0.15) is 5.67 Å². The highest BCUT2D eigenvalue weighted by atomic mass is 19.1. The average Bonchev–Trinajstić information content (AvgIpc) is 2.77. The van der Waals surface area contributed by atoms with Crippen molar-refractivity contribution in [2.75, 3.05) is 33.2 Å². The molecule has 0 bridgehead atoms. The van der Waals surface area contributed by atoms with Crippen LogP contribution >= 0.6 is 0 Å². The second-order valence-electron chi connectivity index (χ2n) is 6.20. The van der Waals surface area contributed by atoms with E-state index in [9.17, 15) is 0 Å². The smallest absolute Gasteiger partial charge is 0.114 e. The van der Waals surface area contributed by atoms with Crippen molar-refractivity contribution in [2.45, 2.75) is 31.4 Å². The third-order valence-electron chi connectivity index (χ3n) is 5.13. The fraction of sp³-hybridized carbons (Fsp3) is 1.00. The van der Waals surface area contributed by atoms with Crippen LogP contribution in [0.3, 0.4) is 0 Å². The van der Waals surface area contributed by atoms with E-state index in [-0.39, 0.29) is 0 Å². The average molecular weight is 226 g/mol. The van der Waals surface area contributed by atoms with Gasteiger partial charge in [0.05, 0.1) is 0 Å². The normalized spacial score (nSPS) is 46.1. The summed E-state index contributed by atoms with van der Waals surface area (Å²) in [5.41, 5.74) is -0.821. The Morgan fingerprint density at radius 2 is 1.69 bits per heavy atom. The first kappa shape index (κ1) is 11.0. The number of hydrogen-bond acceptors (Lipinski definition) is 2. The first-order chi connectivity index (χ1) is 7.67. The quantitative estimate of drug-likeness (QED) is 0.731. The maximum Gasteiger partial charge on any atom is 0.114 e. The molecule has 3 rings (SSSR count). The number of rotatable bonds is 1. The van der Waals surface area contributed by atoms with Crippen molar-refractivity contribution in [3.8, 4) is 0 Å². The Morgan fingerprint density at radius 3 is 2.25 bits per heavy atom. The Hall–Kier alpha value is -0.150. The molecule has 0 aromatic rings. The van der Waals surface area contributed by atoms with Crippen LogP contribution in [-0.4, -0.2) is 43.8 Å². The molecule has 1 saturated carbocycles.